The minimum absolute atomic E-state index is 0.0242. The number of hydrogen-bond donors (Lipinski definition) is 1. The molecule has 0 saturated heterocycles. The molecule has 0 spiro atoms. The van der Waals surface area contributed by atoms with Crippen molar-refractivity contribution in [2.75, 3.05) is 0 Å². The first kappa shape index (κ1) is 13.1. The number of benzene rings is 1. The Hall–Kier alpha value is -1.35. The lowest BCUT2D eigenvalue weighted by Gasteiger charge is -2.15. The van der Waals surface area contributed by atoms with Crippen LogP contribution in [0.3, 0.4) is 0 Å². The highest BCUT2D eigenvalue weighted by Gasteiger charge is 2.16. The summed E-state index contributed by atoms with van der Waals surface area (Å²) in [4.78, 5) is 12.0. The average molecular weight is 247 g/mol. The minimum atomic E-state index is -0.210. The van der Waals surface area contributed by atoms with Crippen LogP contribution in [0.5, 0.6) is 0 Å². The van der Waals surface area contributed by atoms with E-state index < -0.39 is 0 Å². The molecule has 1 aromatic rings. The van der Waals surface area contributed by atoms with Gasteiger partial charge in [-0.15, -0.1) is 0 Å². The molecule has 1 aliphatic rings. The molecule has 0 fully saturated rings. The van der Waals surface area contributed by atoms with E-state index in [1.807, 2.05) is 25.1 Å². The molecule has 0 aliphatic carbocycles. The zero-order valence-corrected chi connectivity index (χ0v) is 11.3. The van der Waals surface area contributed by atoms with E-state index in [-0.39, 0.29) is 12.1 Å². The van der Waals surface area contributed by atoms with E-state index in [2.05, 4.69) is 19.2 Å². The molecule has 0 amide bonds. The second-order valence-electron chi connectivity index (χ2n) is 5.43. The van der Waals surface area contributed by atoms with Gasteiger partial charge >= 0.3 is 5.97 Å². The number of nitrogens with one attached hydrogen (secondary N) is 1. The summed E-state index contributed by atoms with van der Waals surface area (Å²) >= 11 is 0. The Kier molecular flexibility index (Phi) is 4.02. The van der Waals surface area contributed by atoms with Crippen molar-refractivity contribution in [3.63, 3.8) is 0 Å². The molecule has 98 valence electrons. The van der Waals surface area contributed by atoms with Crippen LogP contribution in [0.25, 0.3) is 0 Å². The summed E-state index contributed by atoms with van der Waals surface area (Å²) in [6, 6.07) is 5.81. The Morgan fingerprint density at radius 2 is 2.00 bits per heavy atom. The fourth-order valence-corrected chi connectivity index (χ4v) is 2.38. The molecule has 1 heterocycles. The maximum absolute atomic E-state index is 12.0. The van der Waals surface area contributed by atoms with Crippen molar-refractivity contribution in [1.29, 1.82) is 0 Å². The van der Waals surface area contributed by atoms with E-state index in [4.69, 9.17) is 4.74 Å². The number of rotatable bonds is 4. The first-order valence-electron chi connectivity index (χ1n) is 6.59. The molecule has 1 N–H and O–H groups in total. The molecule has 3 nitrogen and oxygen atoms in total. The average Bonchev–Trinajstić information content (AvgIpc) is 2.74. The largest absolute Gasteiger partial charge is 0.459 e. The first-order valence-corrected chi connectivity index (χ1v) is 6.59. The molecule has 0 bridgehead atoms. The second kappa shape index (κ2) is 5.53. The van der Waals surface area contributed by atoms with Crippen LogP contribution in [0.4, 0.5) is 0 Å². The maximum atomic E-state index is 12.0. The van der Waals surface area contributed by atoms with Gasteiger partial charge in [0.15, 0.2) is 0 Å². The van der Waals surface area contributed by atoms with Gasteiger partial charge in [0.05, 0.1) is 11.7 Å². The molecule has 2 rings (SSSR count). The van der Waals surface area contributed by atoms with Gasteiger partial charge in [0.2, 0.25) is 0 Å². The Morgan fingerprint density at radius 3 is 2.72 bits per heavy atom. The lowest BCUT2D eigenvalue weighted by molar-refractivity contribution is 0.0299. The third-order valence-corrected chi connectivity index (χ3v) is 3.18. The summed E-state index contributed by atoms with van der Waals surface area (Å²) in [6.07, 6.45) is 0.877. The highest BCUT2D eigenvalue weighted by atomic mass is 16.5. The van der Waals surface area contributed by atoms with Gasteiger partial charge in [-0.2, -0.15) is 0 Å². The number of hydrogen-bond acceptors (Lipinski definition) is 3. The Labute approximate surface area is 109 Å². The summed E-state index contributed by atoms with van der Waals surface area (Å²) < 4.78 is 5.45. The second-order valence-corrected chi connectivity index (χ2v) is 5.43. The van der Waals surface area contributed by atoms with E-state index in [9.17, 15) is 4.79 Å². The van der Waals surface area contributed by atoms with Crippen molar-refractivity contribution in [3.05, 3.63) is 34.9 Å². The van der Waals surface area contributed by atoms with Gasteiger partial charge in [-0.1, -0.05) is 19.9 Å². The summed E-state index contributed by atoms with van der Waals surface area (Å²) in [5.74, 6) is 0.329. The van der Waals surface area contributed by atoms with Gasteiger partial charge in [0.25, 0.3) is 0 Å². The van der Waals surface area contributed by atoms with Crippen molar-refractivity contribution in [3.8, 4) is 0 Å². The number of fused-ring (bicyclic) bond motifs is 1. The number of esters is 1. The summed E-state index contributed by atoms with van der Waals surface area (Å²) in [7, 11) is 0. The van der Waals surface area contributed by atoms with E-state index in [1.165, 1.54) is 11.1 Å². The van der Waals surface area contributed by atoms with Crippen LogP contribution in [-0.4, -0.2) is 12.1 Å². The van der Waals surface area contributed by atoms with E-state index in [0.717, 1.165) is 19.5 Å². The van der Waals surface area contributed by atoms with Crippen LogP contribution in [0.2, 0.25) is 0 Å². The molecule has 1 atom stereocenters. The lowest BCUT2D eigenvalue weighted by atomic mass is 10.1. The normalized spacial score (nSPS) is 15.6. The van der Waals surface area contributed by atoms with Crippen molar-refractivity contribution in [1.82, 2.24) is 5.32 Å². The predicted octanol–water partition coefficient (Wildman–Crippen LogP) is 2.88. The SMILES string of the molecule is CC(C)CC(C)OC(=O)c1ccc2c(c1)CNC2. The summed E-state index contributed by atoms with van der Waals surface area (Å²) in [5, 5.41) is 3.27. The smallest absolute Gasteiger partial charge is 0.338 e. The molecular formula is C15H21NO2. The Morgan fingerprint density at radius 1 is 1.28 bits per heavy atom. The van der Waals surface area contributed by atoms with Crippen molar-refractivity contribution >= 4 is 5.97 Å². The maximum Gasteiger partial charge on any atom is 0.338 e. The van der Waals surface area contributed by atoms with Crippen LogP contribution in [0.15, 0.2) is 18.2 Å². The fourth-order valence-electron chi connectivity index (χ4n) is 2.38. The zero-order valence-electron chi connectivity index (χ0n) is 11.3. The fraction of sp³-hybridized carbons (Fsp3) is 0.533. The van der Waals surface area contributed by atoms with Crippen molar-refractivity contribution in [2.24, 2.45) is 5.92 Å². The standard InChI is InChI=1S/C15H21NO2/c1-10(2)6-11(3)18-15(17)12-4-5-13-8-16-9-14(13)7-12/h4-5,7,10-11,16H,6,8-9H2,1-3H3. The van der Waals surface area contributed by atoms with Gasteiger partial charge < -0.3 is 10.1 Å². The van der Waals surface area contributed by atoms with Crippen LogP contribution in [-0.2, 0) is 17.8 Å². The van der Waals surface area contributed by atoms with Gasteiger partial charge in [0.1, 0.15) is 0 Å². The van der Waals surface area contributed by atoms with E-state index in [1.54, 1.807) is 0 Å². The van der Waals surface area contributed by atoms with Crippen LogP contribution in [0, 0.1) is 5.92 Å². The van der Waals surface area contributed by atoms with Gasteiger partial charge in [-0.25, -0.2) is 4.79 Å². The van der Waals surface area contributed by atoms with Crippen LogP contribution in [0.1, 0.15) is 48.7 Å². The third kappa shape index (κ3) is 3.10. The molecule has 1 aliphatic heterocycles. The molecule has 0 aromatic heterocycles. The Bertz CT molecular complexity index is 440. The first-order chi connectivity index (χ1) is 8.56. The molecule has 1 aromatic carbocycles. The molecule has 3 heteroatoms. The van der Waals surface area contributed by atoms with Gasteiger partial charge in [-0.3, -0.25) is 0 Å². The molecule has 0 radical (unpaired) electrons. The topological polar surface area (TPSA) is 38.3 Å². The Balaban J connectivity index is 2.01. The molecular weight excluding hydrogens is 226 g/mol. The van der Waals surface area contributed by atoms with Crippen molar-refractivity contribution < 1.29 is 9.53 Å². The van der Waals surface area contributed by atoms with E-state index in [0.29, 0.717) is 11.5 Å². The quantitative estimate of drug-likeness (QED) is 0.831. The number of ether oxygens (including phenoxy) is 1. The van der Waals surface area contributed by atoms with E-state index >= 15 is 0 Å². The highest BCUT2D eigenvalue weighted by molar-refractivity contribution is 5.89. The predicted molar refractivity (Wildman–Crippen MR) is 71.3 cm³/mol. The lowest BCUT2D eigenvalue weighted by Crippen LogP contribution is -2.17. The van der Waals surface area contributed by atoms with Gasteiger partial charge in [0, 0.05) is 13.1 Å². The van der Waals surface area contributed by atoms with Crippen molar-refractivity contribution in [2.45, 2.75) is 46.4 Å². The molecule has 1 unspecified atom stereocenters. The molecule has 18 heavy (non-hydrogen) atoms. The highest BCUT2D eigenvalue weighted by Crippen LogP contribution is 2.18. The zero-order chi connectivity index (χ0) is 13.1. The third-order valence-electron chi connectivity index (χ3n) is 3.18. The number of carbonyl (C=O) groups is 1. The van der Waals surface area contributed by atoms with Crippen LogP contribution < -0.4 is 5.32 Å². The monoisotopic (exact) mass is 247 g/mol. The number of carbonyl (C=O) groups excluding carboxylic acids is 1. The molecule has 0 saturated carbocycles. The summed E-state index contributed by atoms with van der Waals surface area (Å²) in [6.45, 7) is 7.95. The van der Waals surface area contributed by atoms with Crippen LogP contribution >= 0.6 is 0 Å². The summed E-state index contributed by atoms with van der Waals surface area (Å²) in [5.41, 5.74) is 3.15. The minimum Gasteiger partial charge on any atom is -0.459 e. The van der Waals surface area contributed by atoms with Gasteiger partial charge in [-0.05, 0) is 42.5 Å².